The summed E-state index contributed by atoms with van der Waals surface area (Å²) in [6.07, 6.45) is 2.37. The Labute approximate surface area is 187 Å². The van der Waals surface area contributed by atoms with Crippen molar-refractivity contribution in [3.8, 4) is 11.3 Å². The molecule has 0 spiro atoms. The van der Waals surface area contributed by atoms with E-state index in [1.54, 1.807) is 0 Å². The molecular weight excluding hydrogens is 406 g/mol. The zero-order chi connectivity index (χ0) is 21.8. The minimum absolute atomic E-state index is 0.0694. The summed E-state index contributed by atoms with van der Waals surface area (Å²) < 4.78 is 0. The van der Waals surface area contributed by atoms with E-state index >= 15 is 0 Å². The number of fused-ring (bicyclic) bond motifs is 1. The van der Waals surface area contributed by atoms with Crippen LogP contribution in [0.15, 0.2) is 59.8 Å². The number of allylic oxidation sites excluding steroid dienone is 2. The number of aromatic nitrogens is 2. The molecule has 0 unspecified atom stereocenters. The fourth-order valence-electron chi connectivity index (χ4n) is 4.91. The van der Waals surface area contributed by atoms with E-state index in [-0.39, 0.29) is 17.1 Å². The number of nitrogens with zero attached hydrogens (tertiary/aromatic N) is 1. The quantitative estimate of drug-likeness (QED) is 0.498. The summed E-state index contributed by atoms with van der Waals surface area (Å²) in [6, 6.07) is 16.4. The fraction of sp³-hybridized carbons (Fsp3) is 0.308. The minimum Gasteiger partial charge on any atom is -0.342 e. The highest BCUT2D eigenvalue weighted by atomic mass is 35.5. The molecule has 0 saturated carbocycles. The topological polar surface area (TPSA) is 57.8 Å². The molecule has 1 aliphatic heterocycles. The van der Waals surface area contributed by atoms with E-state index in [1.807, 2.05) is 24.3 Å². The number of carbonyl (C=O) groups excluding carboxylic acids is 1. The van der Waals surface area contributed by atoms with Crippen LogP contribution in [-0.2, 0) is 11.2 Å². The molecule has 1 aromatic heterocycles. The van der Waals surface area contributed by atoms with Crippen LogP contribution in [0.4, 0.5) is 5.82 Å². The molecule has 5 heteroatoms. The molecule has 0 fully saturated rings. The van der Waals surface area contributed by atoms with Crippen LogP contribution < -0.4 is 5.32 Å². The van der Waals surface area contributed by atoms with Crippen LogP contribution >= 0.6 is 11.6 Å². The number of H-pyrrole nitrogens is 1. The number of nitrogens with one attached hydrogen (secondary N) is 2. The Balaban J connectivity index is 1.70. The maximum atomic E-state index is 13.4. The van der Waals surface area contributed by atoms with E-state index in [0.29, 0.717) is 11.4 Å². The summed E-state index contributed by atoms with van der Waals surface area (Å²) in [5.41, 5.74) is 7.18. The highest BCUT2D eigenvalue weighted by Crippen LogP contribution is 2.50. The van der Waals surface area contributed by atoms with Gasteiger partial charge in [-0.25, -0.2) is 0 Å². The van der Waals surface area contributed by atoms with Gasteiger partial charge in [0.1, 0.15) is 0 Å². The van der Waals surface area contributed by atoms with Gasteiger partial charge >= 0.3 is 0 Å². The maximum Gasteiger partial charge on any atom is 0.162 e. The number of carbonyl (C=O) groups is 1. The van der Waals surface area contributed by atoms with Crippen molar-refractivity contribution in [3.63, 3.8) is 0 Å². The van der Waals surface area contributed by atoms with Gasteiger partial charge in [0.05, 0.1) is 5.69 Å². The SMILES string of the molecule is CCc1ccc(-c2[nH]nc3c2[C@H](c2ccc(Cl)cc2)C2=C(CC(C)(C)CC2=O)N3)cc1. The molecule has 2 aliphatic rings. The molecule has 2 N–H and O–H groups in total. The van der Waals surface area contributed by atoms with Gasteiger partial charge in [-0.05, 0) is 47.1 Å². The molecule has 2 aromatic carbocycles. The predicted molar refractivity (Wildman–Crippen MR) is 125 cm³/mol. The molecular formula is C26H26ClN3O. The van der Waals surface area contributed by atoms with Crippen molar-refractivity contribution >= 4 is 23.2 Å². The summed E-state index contributed by atoms with van der Waals surface area (Å²) in [5.74, 6) is 0.836. The average molecular weight is 432 g/mol. The predicted octanol–water partition coefficient (Wildman–Crippen LogP) is 6.49. The lowest BCUT2D eigenvalue weighted by atomic mass is 9.69. The summed E-state index contributed by atoms with van der Waals surface area (Å²) in [4.78, 5) is 13.4. The van der Waals surface area contributed by atoms with Crippen LogP contribution in [0.1, 0.15) is 56.2 Å². The van der Waals surface area contributed by atoms with Gasteiger partial charge in [0.2, 0.25) is 0 Å². The Morgan fingerprint density at radius 3 is 2.45 bits per heavy atom. The molecule has 158 valence electrons. The smallest absolute Gasteiger partial charge is 0.162 e. The number of anilines is 1. The lowest BCUT2D eigenvalue weighted by Gasteiger charge is -2.38. The van der Waals surface area contributed by atoms with E-state index in [4.69, 9.17) is 11.6 Å². The van der Waals surface area contributed by atoms with Gasteiger partial charge in [-0.15, -0.1) is 0 Å². The molecule has 0 bridgehead atoms. The molecule has 0 radical (unpaired) electrons. The summed E-state index contributed by atoms with van der Waals surface area (Å²) >= 11 is 6.18. The monoisotopic (exact) mass is 431 g/mol. The zero-order valence-corrected chi connectivity index (χ0v) is 18.8. The summed E-state index contributed by atoms with van der Waals surface area (Å²) in [5, 5.41) is 12.1. The van der Waals surface area contributed by atoms with Gasteiger partial charge in [0.25, 0.3) is 0 Å². The summed E-state index contributed by atoms with van der Waals surface area (Å²) in [7, 11) is 0. The van der Waals surface area contributed by atoms with Gasteiger partial charge in [-0.1, -0.05) is 68.8 Å². The second kappa shape index (κ2) is 7.38. The molecule has 0 saturated heterocycles. The van der Waals surface area contributed by atoms with Crippen molar-refractivity contribution in [1.29, 1.82) is 0 Å². The first-order chi connectivity index (χ1) is 14.9. The molecule has 3 aromatic rings. The number of Topliss-reactive ketones (excluding diaryl/α,β-unsaturated/α-hetero) is 1. The largest absolute Gasteiger partial charge is 0.342 e. The van der Waals surface area contributed by atoms with Crippen LogP contribution in [-0.4, -0.2) is 16.0 Å². The van der Waals surface area contributed by atoms with Gasteiger partial charge in [-0.3, -0.25) is 9.89 Å². The molecule has 31 heavy (non-hydrogen) atoms. The Morgan fingerprint density at radius 2 is 1.77 bits per heavy atom. The second-order valence-electron chi connectivity index (χ2n) is 9.35. The Bertz CT molecular complexity index is 1190. The van der Waals surface area contributed by atoms with Crippen LogP contribution in [0, 0.1) is 5.41 Å². The molecule has 4 nitrogen and oxygen atoms in total. The number of halogens is 1. The van der Waals surface area contributed by atoms with Crippen LogP contribution in [0.3, 0.4) is 0 Å². The van der Waals surface area contributed by atoms with Crippen molar-refractivity contribution in [1.82, 2.24) is 10.2 Å². The van der Waals surface area contributed by atoms with Gasteiger partial charge < -0.3 is 5.32 Å². The van der Waals surface area contributed by atoms with Crippen molar-refractivity contribution in [2.24, 2.45) is 5.41 Å². The highest BCUT2D eigenvalue weighted by molar-refractivity contribution is 6.30. The molecule has 1 atom stereocenters. The van der Waals surface area contributed by atoms with Gasteiger partial charge in [0, 0.05) is 34.2 Å². The van der Waals surface area contributed by atoms with Gasteiger partial charge in [-0.2, -0.15) is 5.10 Å². The van der Waals surface area contributed by atoms with Crippen LogP contribution in [0.25, 0.3) is 11.3 Å². The first kappa shape index (κ1) is 20.1. The number of hydrogen-bond donors (Lipinski definition) is 2. The van der Waals surface area contributed by atoms with E-state index in [2.05, 4.69) is 60.6 Å². The number of rotatable bonds is 3. The normalized spacial score (nSPS) is 19.6. The maximum absolute atomic E-state index is 13.4. The first-order valence-electron chi connectivity index (χ1n) is 10.8. The van der Waals surface area contributed by atoms with E-state index in [0.717, 1.165) is 52.3 Å². The van der Waals surface area contributed by atoms with Crippen molar-refractivity contribution in [3.05, 3.63) is 81.5 Å². The lowest BCUT2D eigenvalue weighted by molar-refractivity contribution is -0.118. The lowest BCUT2D eigenvalue weighted by Crippen LogP contribution is -2.33. The number of ketones is 1. The number of hydrogen-bond acceptors (Lipinski definition) is 3. The standard InChI is InChI=1S/C26H26ClN3O/c1-4-15-5-7-17(8-6-15)24-23-21(16-9-11-18(27)12-10-16)22-19(28-25(23)30-29-24)13-26(2,3)14-20(22)31/h5-12,21H,4,13-14H2,1-3H3,(H2,28,29,30)/t21-/m1/s1. The van der Waals surface area contributed by atoms with E-state index in [9.17, 15) is 4.79 Å². The van der Waals surface area contributed by atoms with Crippen molar-refractivity contribution < 1.29 is 4.79 Å². The molecule has 1 aliphatic carbocycles. The number of aromatic amines is 1. The zero-order valence-electron chi connectivity index (χ0n) is 18.1. The van der Waals surface area contributed by atoms with Crippen LogP contribution in [0.2, 0.25) is 5.02 Å². The average Bonchev–Trinajstić information content (AvgIpc) is 3.15. The van der Waals surface area contributed by atoms with Gasteiger partial charge in [0.15, 0.2) is 11.6 Å². The Morgan fingerprint density at radius 1 is 1.06 bits per heavy atom. The number of benzene rings is 2. The first-order valence-corrected chi connectivity index (χ1v) is 11.2. The molecule has 0 amide bonds. The minimum atomic E-state index is -0.174. The number of aryl methyl sites for hydroxylation is 1. The third-order valence-electron chi connectivity index (χ3n) is 6.42. The Hall–Kier alpha value is -2.85. The van der Waals surface area contributed by atoms with Crippen molar-refractivity contribution in [2.45, 2.75) is 46.0 Å². The highest BCUT2D eigenvalue weighted by Gasteiger charge is 2.42. The fourth-order valence-corrected chi connectivity index (χ4v) is 5.04. The molecule has 5 rings (SSSR count). The summed E-state index contributed by atoms with van der Waals surface area (Å²) in [6.45, 7) is 6.45. The second-order valence-corrected chi connectivity index (χ2v) is 9.79. The third-order valence-corrected chi connectivity index (χ3v) is 6.68. The van der Waals surface area contributed by atoms with E-state index < -0.39 is 0 Å². The van der Waals surface area contributed by atoms with Crippen molar-refractivity contribution in [2.75, 3.05) is 5.32 Å². The Kier molecular flexibility index (Phi) is 4.78. The van der Waals surface area contributed by atoms with Crippen LogP contribution in [0.5, 0.6) is 0 Å². The van der Waals surface area contributed by atoms with E-state index in [1.165, 1.54) is 5.56 Å². The third kappa shape index (κ3) is 3.49. The molecule has 2 heterocycles.